The van der Waals surface area contributed by atoms with E-state index in [4.69, 9.17) is 9.47 Å². The van der Waals surface area contributed by atoms with Crippen LogP contribution in [0, 0.1) is 0 Å². The van der Waals surface area contributed by atoms with Crippen molar-refractivity contribution in [2.24, 2.45) is 0 Å². The average molecular weight is 248 g/mol. The molecular formula is C15H20O3. The zero-order chi connectivity index (χ0) is 13.2. The van der Waals surface area contributed by atoms with Gasteiger partial charge in [0.05, 0.1) is 19.3 Å². The summed E-state index contributed by atoms with van der Waals surface area (Å²) >= 11 is 0. The highest BCUT2D eigenvalue weighted by molar-refractivity contribution is 5.81. The molecule has 0 aliphatic rings. The number of hydrogen-bond donors (Lipinski definition) is 0. The normalized spacial score (nSPS) is 12.6. The first-order chi connectivity index (χ1) is 8.76. The molecule has 0 amide bonds. The minimum Gasteiger partial charge on any atom is -0.463 e. The van der Waals surface area contributed by atoms with Crippen LogP contribution in [0.1, 0.15) is 25.8 Å². The number of hydrogen-bond acceptors (Lipinski definition) is 3. The summed E-state index contributed by atoms with van der Waals surface area (Å²) in [5.74, 6) is -0.320. The van der Waals surface area contributed by atoms with Gasteiger partial charge in [-0.15, -0.1) is 0 Å². The first kappa shape index (κ1) is 14.5. The van der Waals surface area contributed by atoms with E-state index in [9.17, 15) is 4.79 Å². The van der Waals surface area contributed by atoms with E-state index >= 15 is 0 Å². The van der Waals surface area contributed by atoms with Crippen molar-refractivity contribution in [3.8, 4) is 0 Å². The summed E-state index contributed by atoms with van der Waals surface area (Å²) in [7, 11) is 0. The molecule has 0 spiro atoms. The monoisotopic (exact) mass is 248 g/mol. The summed E-state index contributed by atoms with van der Waals surface area (Å²) in [5, 5.41) is 0. The van der Waals surface area contributed by atoms with Gasteiger partial charge >= 0.3 is 5.97 Å². The van der Waals surface area contributed by atoms with Gasteiger partial charge in [-0.2, -0.15) is 0 Å². The molecule has 0 saturated carbocycles. The molecule has 3 heteroatoms. The van der Waals surface area contributed by atoms with Crippen LogP contribution in [0.4, 0.5) is 0 Å². The Morgan fingerprint density at radius 2 is 2.00 bits per heavy atom. The molecule has 0 saturated heterocycles. The number of rotatable bonds is 7. The molecule has 0 aliphatic heterocycles. The molecule has 1 atom stereocenters. The molecule has 0 N–H and O–H groups in total. The minimum atomic E-state index is -0.320. The van der Waals surface area contributed by atoms with Crippen LogP contribution in [-0.4, -0.2) is 18.7 Å². The topological polar surface area (TPSA) is 35.5 Å². The van der Waals surface area contributed by atoms with Crippen molar-refractivity contribution in [1.29, 1.82) is 0 Å². The van der Waals surface area contributed by atoms with Gasteiger partial charge in [0, 0.05) is 6.08 Å². The SMILES string of the molecule is CCOC(=O)/C=C/[C@H](CC)OCc1ccccc1. The smallest absolute Gasteiger partial charge is 0.330 e. The van der Waals surface area contributed by atoms with Gasteiger partial charge in [0.15, 0.2) is 0 Å². The molecule has 0 fully saturated rings. The van der Waals surface area contributed by atoms with E-state index < -0.39 is 0 Å². The van der Waals surface area contributed by atoms with E-state index in [0.29, 0.717) is 13.2 Å². The van der Waals surface area contributed by atoms with Crippen LogP contribution in [0.3, 0.4) is 0 Å². The Labute approximate surface area is 108 Å². The molecule has 1 aromatic rings. The van der Waals surface area contributed by atoms with Gasteiger partial charge in [-0.05, 0) is 25.0 Å². The maximum atomic E-state index is 11.2. The van der Waals surface area contributed by atoms with Crippen LogP contribution >= 0.6 is 0 Å². The third-order valence-electron chi connectivity index (χ3n) is 2.44. The van der Waals surface area contributed by atoms with Crippen LogP contribution in [0.5, 0.6) is 0 Å². The lowest BCUT2D eigenvalue weighted by Gasteiger charge is -2.11. The molecule has 98 valence electrons. The number of esters is 1. The summed E-state index contributed by atoms with van der Waals surface area (Å²) in [5.41, 5.74) is 1.13. The predicted molar refractivity (Wildman–Crippen MR) is 71.1 cm³/mol. The number of carbonyl (C=O) groups is 1. The average Bonchev–Trinajstić information content (AvgIpc) is 2.40. The third-order valence-corrected chi connectivity index (χ3v) is 2.44. The maximum absolute atomic E-state index is 11.2. The molecule has 3 nitrogen and oxygen atoms in total. The quantitative estimate of drug-likeness (QED) is 0.549. The van der Waals surface area contributed by atoms with Crippen LogP contribution in [0.2, 0.25) is 0 Å². The molecule has 0 radical (unpaired) electrons. The number of ether oxygens (including phenoxy) is 2. The predicted octanol–water partition coefficient (Wildman–Crippen LogP) is 3.10. The molecule has 18 heavy (non-hydrogen) atoms. The lowest BCUT2D eigenvalue weighted by Crippen LogP contribution is -2.10. The molecule has 0 aromatic heterocycles. The number of benzene rings is 1. The van der Waals surface area contributed by atoms with Gasteiger partial charge in [-0.25, -0.2) is 4.79 Å². The Hall–Kier alpha value is -1.61. The summed E-state index contributed by atoms with van der Waals surface area (Å²) in [6.45, 7) is 4.75. The van der Waals surface area contributed by atoms with Crippen molar-refractivity contribution >= 4 is 5.97 Å². The van der Waals surface area contributed by atoms with Crippen molar-refractivity contribution in [2.75, 3.05) is 6.61 Å². The van der Waals surface area contributed by atoms with Gasteiger partial charge < -0.3 is 9.47 Å². The van der Waals surface area contributed by atoms with Crippen molar-refractivity contribution in [2.45, 2.75) is 33.0 Å². The Morgan fingerprint density at radius 1 is 1.28 bits per heavy atom. The maximum Gasteiger partial charge on any atom is 0.330 e. The summed E-state index contributed by atoms with van der Waals surface area (Å²) < 4.78 is 10.5. The molecule has 0 bridgehead atoms. The molecule has 0 heterocycles. The fraction of sp³-hybridized carbons (Fsp3) is 0.400. The zero-order valence-corrected chi connectivity index (χ0v) is 11.0. The molecule has 0 unspecified atom stereocenters. The summed E-state index contributed by atoms with van der Waals surface area (Å²) in [6, 6.07) is 9.97. The standard InChI is InChI=1S/C15H20O3/c1-3-14(10-11-15(16)17-4-2)18-12-13-8-6-5-7-9-13/h5-11,14H,3-4,12H2,1-2H3/b11-10+/t14-/m0/s1. The first-order valence-corrected chi connectivity index (χ1v) is 6.26. The molecule has 1 aromatic carbocycles. The second kappa shape index (κ2) is 8.48. The summed E-state index contributed by atoms with van der Waals surface area (Å²) in [4.78, 5) is 11.2. The molecule has 1 rings (SSSR count). The van der Waals surface area contributed by atoms with Crippen molar-refractivity contribution in [1.82, 2.24) is 0 Å². The third kappa shape index (κ3) is 5.64. The summed E-state index contributed by atoms with van der Waals surface area (Å²) in [6.07, 6.45) is 3.95. The lowest BCUT2D eigenvalue weighted by atomic mass is 10.2. The van der Waals surface area contributed by atoms with E-state index in [-0.39, 0.29) is 12.1 Å². The van der Waals surface area contributed by atoms with E-state index in [2.05, 4.69) is 0 Å². The van der Waals surface area contributed by atoms with Crippen LogP contribution in [0.15, 0.2) is 42.5 Å². The van der Waals surface area contributed by atoms with Gasteiger partial charge in [0.25, 0.3) is 0 Å². The van der Waals surface area contributed by atoms with E-state index in [1.807, 2.05) is 37.3 Å². The lowest BCUT2D eigenvalue weighted by molar-refractivity contribution is -0.137. The molecule has 0 aliphatic carbocycles. The Balaban J connectivity index is 2.40. The first-order valence-electron chi connectivity index (χ1n) is 6.26. The second-order valence-electron chi connectivity index (χ2n) is 3.85. The van der Waals surface area contributed by atoms with E-state index in [0.717, 1.165) is 12.0 Å². The van der Waals surface area contributed by atoms with E-state index in [1.165, 1.54) is 6.08 Å². The van der Waals surface area contributed by atoms with Gasteiger partial charge in [-0.1, -0.05) is 37.3 Å². The largest absolute Gasteiger partial charge is 0.463 e. The Bertz CT molecular complexity index is 371. The van der Waals surface area contributed by atoms with Crippen LogP contribution in [-0.2, 0) is 20.9 Å². The van der Waals surface area contributed by atoms with Crippen molar-refractivity contribution in [3.63, 3.8) is 0 Å². The zero-order valence-electron chi connectivity index (χ0n) is 11.0. The highest BCUT2D eigenvalue weighted by Crippen LogP contribution is 2.07. The fourth-order valence-electron chi connectivity index (χ4n) is 1.46. The van der Waals surface area contributed by atoms with Crippen LogP contribution < -0.4 is 0 Å². The molecular weight excluding hydrogens is 228 g/mol. The highest BCUT2D eigenvalue weighted by Gasteiger charge is 2.04. The van der Waals surface area contributed by atoms with Gasteiger partial charge in [0.1, 0.15) is 0 Å². The van der Waals surface area contributed by atoms with Crippen molar-refractivity contribution in [3.05, 3.63) is 48.0 Å². The second-order valence-corrected chi connectivity index (χ2v) is 3.85. The Morgan fingerprint density at radius 3 is 2.61 bits per heavy atom. The van der Waals surface area contributed by atoms with E-state index in [1.54, 1.807) is 13.0 Å². The minimum absolute atomic E-state index is 0.0605. The Kier molecular flexibility index (Phi) is 6.81. The van der Waals surface area contributed by atoms with Crippen LogP contribution in [0.25, 0.3) is 0 Å². The number of carbonyl (C=O) groups excluding carboxylic acids is 1. The van der Waals surface area contributed by atoms with Crippen molar-refractivity contribution < 1.29 is 14.3 Å². The fourth-order valence-corrected chi connectivity index (χ4v) is 1.46. The van der Waals surface area contributed by atoms with Gasteiger partial charge in [-0.3, -0.25) is 0 Å². The highest BCUT2D eigenvalue weighted by atomic mass is 16.5. The van der Waals surface area contributed by atoms with Gasteiger partial charge in [0.2, 0.25) is 0 Å².